The van der Waals surface area contributed by atoms with Crippen LogP contribution in [0.15, 0.2) is 63.7 Å². The van der Waals surface area contributed by atoms with Gasteiger partial charge in [0, 0.05) is 17.6 Å². The van der Waals surface area contributed by atoms with Crippen LogP contribution in [-0.2, 0) is 17.1 Å². The van der Waals surface area contributed by atoms with E-state index in [1.165, 1.54) is 23.9 Å². The van der Waals surface area contributed by atoms with Gasteiger partial charge in [0.15, 0.2) is 5.16 Å². The molecule has 0 unspecified atom stereocenters. The predicted molar refractivity (Wildman–Crippen MR) is 88.7 cm³/mol. The number of anilines is 1. The summed E-state index contributed by atoms with van der Waals surface area (Å²) in [5.74, 6) is -1.86. The Morgan fingerprint density at radius 3 is 2.48 bits per heavy atom. The van der Waals surface area contributed by atoms with Gasteiger partial charge in [-0.15, -0.1) is 10.2 Å². The molecule has 0 bridgehead atoms. The van der Waals surface area contributed by atoms with Crippen LogP contribution in [0.3, 0.4) is 0 Å². The fraction of sp³-hybridized carbons (Fsp3) is 0.0667. The van der Waals surface area contributed by atoms with Crippen LogP contribution in [0.1, 0.15) is 0 Å². The van der Waals surface area contributed by atoms with E-state index in [9.17, 15) is 17.2 Å². The molecule has 1 aromatic heterocycles. The van der Waals surface area contributed by atoms with Crippen molar-refractivity contribution in [3.05, 3.63) is 60.4 Å². The zero-order valence-corrected chi connectivity index (χ0v) is 14.5. The van der Waals surface area contributed by atoms with Gasteiger partial charge in [-0.25, -0.2) is 17.2 Å². The molecule has 0 saturated carbocycles. The molecule has 6 nitrogen and oxygen atoms in total. The highest BCUT2D eigenvalue weighted by molar-refractivity contribution is 7.99. The Bertz CT molecular complexity index is 1000. The molecular weight excluding hydrogens is 370 g/mol. The van der Waals surface area contributed by atoms with Gasteiger partial charge < -0.3 is 4.57 Å². The summed E-state index contributed by atoms with van der Waals surface area (Å²) >= 11 is 1.35. The fourth-order valence-corrected chi connectivity index (χ4v) is 3.87. The molecule has 0 radical (unpaired) electrons. The number of hydrogen-bond acceptors (Lipinski definition) is 5. The van der Waals surface area contributed by atoms with Crippen LogP contribution in [-0.4, -0.2) is 23.2 Å². The van der Waals surface area contributed by atoms with Crippen molar-refractivity contribution in [1.82, 2.24) is 14.8 Å². The summed E-state index contributed by atoms with van der Waals surface area (Å²) in [4.78, 5) is 0.0704. The molecule has 25 heavy (non-hydrogen) atoms. The molecule has 1 N–H and O–H groups in total. The Morgan fingerprint density at radius 2 is 1.84 bits per heavy atom. The minimum Gasteiger partial charge on any atom is -0.311 e. The molecule has 2 aromatic carbocycles. The number of benzene rings is 2. The van der Waals surface area contributed by atoms with Crippen molar-refractivity contribution in [2.24, 2.45) is 7.05 Å². The molecule has 1 heterocycles. The monoisotopic (exact) mass is 382 g/mol. The van der Waals surface area contributed by atoms with E-state index in [0.717, 1.165) is 17.0 Å². The van der Waals surface area contributed by atoms with Crippen molar-refractivity contribution in [3.8, 4) is 0 Å². The van der Waals surface area contributed by atoms with Crippen LogP contribution in [0, 0.1) is 11.6 Å². The molecule has 3 rings (SSSR count). The van der Waals surface area contributed by atoms with Crippen molar-refractivity contribution < 1.29 is 17.2 Å². The summed E-state index contributed by atoms with van der Waals surface area (Å²) < 4.78 is 55.3. The van der Waals surface area contributed by atoms with Gasteiger partial charge in [0.1, 0.15) is 22.9 Å². The highest BCUT2D eigenvalue weighted by Crippen LogP contribution is 2.27. The molecule has 0 amide bonds. The topological polar surface area (TPSA) is 76.9 Å². The third-order valence-corrected chi connectivity index (χ3v) is 5.62. The number of hydrogen-bond donors (Lipinski definition) is 1. The van der Waals surface area contributed by atoms with Crippen LogP contribution in [0.4, 0.5) is 14.5 Å². The van der Waals surface area contributed by atoms with Gasteiger partial charge in [0.2, 0.25) is 0 Å². The Morgan fingerprint density at radius 1 is 1.12 bits per heavy atom. The molecule has 0 aliphatic heterocycles. The van der Waals surface area contributed by atoms with Crippen molar-refractivity contribution in [1.29, 1.82) is 0 Å². The van der Waals surface area contributed by atoms with E-state index in [1.807, 2.05) is 0 Å². The first-order valence-electron chi connectivity index (χ1n) is 6.95. The van der Waals surface area contributed by atoms with Crippen LogP contribution >= 0.6 is 11.8 Å². The van der Waals surface area contributed by atoms with Crippen molar-refractivity contribution >= 4 is 27.5 Å². The average Bonchev–Trinajstić information content (AvgIpc) is 2.96. The summed E-state index contributed by atoms with van der Waals surface area (Å²) in [6, 6.07) is 8.66. The molecular formula is C15H12F2N4O2S2. The van der Waals surface area contributed by atoms with E-state index >= 15 is 0 Å². The van der Waals surface area contributed by atoms with Crippen LogP contribution < -0.4 is 4.72 Å². The number of aryl methyl sites for hydroxylation is 1. The summed E-state index contributed by atoms with van der Waals surface area (Å²) in [5.41, 5.74) is 0.228. The van der Waals surface area contributed by atoms with Crippen molar-refractivity contribution in [2.75, 3.05) is 4.72 Å². The largest absolute Gasteiger partial charge is 0.311 e. The van der Waals surface area contributed by atoms with Gasteiger partial charge in [-0.1, -0.05) is 0 Å². The van der Waals surface area contributed by atoms with Crippen LogP contribution in [0.5, 0.6) is 0 Å². The van der Waals surface area contributed by atoms with Crippen molar-refractivity contribution in [3.63, 3.8) is 0 Å². The summed E-state index contributed by atoms with van der Waals surface area (Å²) in [5, 5.41) is 8.38. The highest BCUT2D eigenvalue weighted by atomic mass is 32.2. The molecule has 3 aromatic rings. The molecule has 0 atom stereocenters. The predicted octanol–water partition coefficient (Wildman–Crippen LogP) is 3.05. The first-order valence-corrected chi connectivity index (χ1v) is 9.25. The highest BCUT2D eigenvalue weighted by Gasteiger charge is 2.20. The Kier molecular flexibility index (Phi) is 4.73. The molecule has 10 heteroatoms. The number of halogens is 2. The van der Waals surface area contributed by atoms with E-state index in [-0.39, 0.29) is 5.69 Å². The van der Waals surface area contributed by atoms with E-state index in [0.29, 0.717) is 11.2 Å². The normalized spacial score (nSPS) is 11.5. The molecule has 0 fully saturated rings. The standard InChI is InChI=1S/C15H12F2N4O2S2/c1-21-9-18-19-15(21)24-12-5-3-11(4-6-12)20-25(22,23)14-8-10(16)2-7-13(14)17/h2-9,20H,1H3. The SMILES string of the molecule is Cn1cnnc1Sc1ccc(NS(=O)(=O)c2cc(F)ccc2F)cc1. The average molecular weight is 382 g/mol. The Balaban J connectivity index is 1.79. The Labute approximate surface area is 147 Å². The summed E-state index contributed by atoms with van der Waals surface area (Å²) in [6.45, 7) is 0. The fourth-order valence-electron chi connectivity index (χ4n) is 1.95. The minimum absolute atomic E-state index is 0.228. The number of sulfonamides is 1. The number of nitrogens with zero attached hydrogens (tertiary/aromatic N) is 3. The molecule has 130 valence electrons. The van der Waals surface area contributed by atoms with E-state index in [4.69, 9.17) is 0 Å². The van der Waals surface area contributed by atoms with Crippen molar-refractivity contribution in [2.45, 2.75) is 14.9 Å². The number of rotatable bonds is 5. The zero-order valence-electron chi connectivity index (χ0n) is 12.8. The van der Waals surface area contributed by atoms with Gasteiger partial charge in [-0.3, -0.25) is 4.72 Å². The first kappa shape index (κ1) is 17.4. The van der Waals surface area contributed by atoms with Crippen LogP contribution in [0.2, 0.25) is 0 Å². The molecule has 0 spiro atoms. The lowest BCUT2D eigenvalue weighted by Crippen LogP contribution is -2.14. The lowest BCUT2D eigenvalue weighted by Gasteiger charge is -2.09. The first-order chi connectivity index (χ1) is 11.8. The maximum absolute atomic E-state index is 13.7. The second-order valence-electron chi connectivity index (χ2n) is 5.03. The smallest absolute Gasteiger partial charge is 0.264 e. The van der Waals surface area contributed by atoms with Gasteiger partial charge in [0.05, 0.1) is 0 Å². The third kappa shape index (κ3) is 3.97. The minimum atomic E-state index is -4.23. The third-order valence-electron chi connectivity index (χ3n) is 3.17. The van der Waals surface area contributed by atoms with E-state index in [2.05, 4.69) is 14.9 Å². The van der Waals surface area contributed by atoms with E-state index in [1.54, 1.807) is 30.1 Å². The second kappa shape index (κ2) is 6.81. The summed E-state index contributed by atoms with van der Waals surface area (Å²) in [7, 11) is -2.43. The Hall–Kier alpha value is -2.46. The van der Waals surface area contributed by atoms with Gasteiger partial charge in [0.25, 0.3) is 10.0 Å². The molecule has 0 saturated heterocycles. The van der Waals surface area contributed by atoms with E-state index < -0.39 is 26.6 Å². The quantitative estimate of drug-likeness (QED) is 0.734. The molecule has 0 aliphatic rings. The number of aromatic nitrogens is 3. The lowest BCUT2D eigenvalue weighted by molar-refractivity contribution is 0.555. The maximum Gasteiger partial charge on any atom is 0.264 e. The number of nitrogens with one attached hydrogen (secondary N) is 1. The maximum atomic E-state index is 13.7. The second-order valence-corrected chi connectivity index (χ2v) is 7.72. The zero-order chi connectivity index (χ0) is 18.0. The van der Waals surface area contributed by atoms with Gasteiger partial charge in [-0.05, 0) is 54.2 Å². The molecule has 0 aliphatic carbocycles. The van der Waals surface area contributed by atoms with Crippen LogP contribution in [0.25, 0.3) is 0 Å². The van der Waals surface area contributed by atoms with Gasteiger partial charge in [-0.2, -0.15) is 0 Å². The van der Waals surface area contributed by atoms with Gasteiger partial charge >= 0.3 is 0 Å². The summed E-state index contributed by atoms with van der Waals surface area (Å²) in [6.07, 6.45) is 1.57. The lowest BCUT2D eigenvalue weighted by atomic mass is 10.3.